The molecule has 0 aliphatic heterocycles. The summed E-state index contributed by atoms with van der Waals surface area (Å²) in [7, 11) is 0. The number of hydrogen-bond acceptors (Lipinski definition) is 1. The number of amides is 1. The molecule has 6 heteroatoms. The number of fused-ring (bicyclic) bond motifs is 1. The number of carbonyl (C=O) groups excluding carboxylic acids is 1. The van der Waals surface area contributed by atoms with E-state index in [1.165, 1.54) is 0 Å². The molecule has 1 amide bonds. The summed E-state index contributed by atoms with van der Waals surface area (Å²) in [6.45, 7) is 0. The largest absolute Gasteiger partial charge is 0.330 e. The van der Waals surface area contributed by atoms with Crippen molar-refractivity contribution >= 4 is 76.5 Å². The molecule has 0 saturated heterocycles. The molecule has 0 fully saturated rings. The predicted molar refractivity (Wildman–Crippen MR) is 106 cm³/mol. The summed E-state index contributed by atoms with van der Waals surface area (Å²) in [5.74, 6) is 0. The van der Waals surface area contributed by atoms with Gasteiger partial charge >= 0.3 is 6.03 Å². The van der Waals surface area contributed by atoms with Gasteiger partial charge in [0.15, 0.2) is 0 Å². The second kappa shape index (κ2) is 7.03. The van der Waals surface area contributed by atoms with Crippen molar-refractivity contribution in [2.45, 2.75) is 0 Å². The Labute approximate surface area is 158 Å². The van der Waals surface area contributed by atoms with E-state index in [2.05, 4.69) is 53.1 Å². The Balaban J connectivity index is 1.96. The van der Waals surface area contributed by atoms with E-state index in [0.29, 0.717) is 0 Å². The fourth-order valence-electron chi connectivity index (χ4n) is 2.32. The first kappa shape index (κ1) is 16.5. The molecule has 0 saturated carbocycles. The first-order valence-electron chi connectivity index (χ1n) is 6.74. The molecule has 0 radical (unpaired) electrons. The summed E-state index contributed by atoms with van der Waals surface area (Å²) < 4.78 is 3.34. The monoisotopic (exact) mass is 496 g/mol. The number of hydrogen-bond donors (Lipinski definition) is 1. The maximum Gasteiger partial charge on any atom is 0.330 e. The van der Waals surface area contributed by atoms with Gasteiger partial charge in [0.25, 0.3) is 0 Å². The van der Waals surface area contributed by atoms with Crippen LogP contribution in [0.4, 0.5) is 10.5 Å². The number of nitrogens with one attached hydrogen (secondary N) is 1. The van der Waals surface area contributed by atoms with Crippen molar-refractivity contribution in [3.8, 4) is 0 Å². The van der Waals surface area contributed by atoms with Gasteiger partial charge in [-0.15, -0.1) is 0 Å². The molecule has 3 aromatic rings. The molecule has 23 heavy (non-hydrogen) atoms. The summed E-state index contributed by atoms with van der Waals surface area (Å²) in [6, 6.07) is 15.2. The number of benzene rings is 2. The maximum atomic E-state index is 12.6. The predicted octanol–water partition coefficient (Wildman–Crippen LogP) is 6.57. The van der Waals surface area contributed by atoms with E-state index in [4.69, 9.17) is 0 Å². The number of halogens is 3. The third kappa shape index (κ3) is 3.76. The fraction of sp³-hybridized carbons (Fsp3) is 0. The molecule has 0 spiro atoms. The molecule has 1 N–H and O–H groups in total. The minimum Gasteiger partial charge on any atom is -0.307 e. The molecule has 3 nitrogen and oxygen atoms in total. The minimum atomic E-state index is -0.200. The number of nitrogens with zero attached hydrogens (tertiary/aromatic N) is 1. The summed E-state index contributed by atoms with van der Waals surface area (Å²) in [5.41, 5.74) is 2.49. The van der Waals surface area contributed by atoms with Gasteiger partial charge in [-0.25, -0.2) is 4.79 Å². The number of para-hydroxylation sites is 1. The van der Waals surface area contributed by atoms with Crippen LogP contribution in [0.3, 0.4) is 0 Å². The van der Waals surface area contributed by atoms with E-state index in [1.807, 2.05) is 54.6 Å². The van der Waals surface area contributed by atoms with E-state index in [0.717, 1.165) is 30.0 Å². The van der Waals surface area contributed by atoms with Crippen LogP contribution in [-0.4, -0.2) is 10.6 Å². The molecule has 116 valence electrons. The van der Waals surface area contributed by atoms with Gasteiger partial charge in [0, 0.05) is 27.3 Å². The van der Waals surface area contributed by atoms with Gasteiger partial charge in [-0.1, -0.05) is 34.1 Å². The molecule has 1 heterocycles. The van der Waals surface area contributed by atoms with E-state index < -0.39 is 0 Å². The lowest BCUT2D eigenvalue weighted by Crippen LogP contribution is -2.18. The summed E-state index contributed by atoms with van der Waals surface area (Å²) >= 11 is 10.1. The fourth-order valence-corrected chi connectivity index (χ4v) is 3.19. The Morgan fingerprint density at radius 3 is 2.65 bits per heavy atom. The number of rotatable bonds is 2. The Morgan fingerprint density at radius 1 is 1.09 bits per heavy atom. The third-order valence-electron chi connectivity index (χ3n) is 3.34. The van der Waals surface area contributed by atoms with Crippen LogP contribution in [0.15, 0.2) is 62.6 Å². The van der Waals surface area contributed by atoms with Gasteiger partial charge in [0.1, 0.15) is 0 Å². The zero-order chi connectivity index (χ0) is 16.4. The number of carbonyl (C=O) groups is 1. The third-order valence-corrected chi connectivity index (χ3v) is 4.29. The topological polar surface area (TPSA) is 34.0 Å². The second-order valence-corrected chi connectivity index (χ2v) is 8.53. The zero-order valence-corrected chi connectivity index (χ0v) is 16.5. The number of aromatic nitrogens is 1. The first-order chi connectivity index (χ1) is 11.0. The lowest BCUT2D eigenvalue weighted by atomic mass is 10.2. The molecule has 0 bridgehead atoms. The Hall–Kier alpha value is -1.37. The van der Waals surface area contributed by atoms with E-state index in [1.54, 1.807) is 10.8 Å². The SMILES string of the molecule is O=C(Nc1ccc(Br)cc1C=C(Br)Br)n1ccc2ccccc21. The molecule has 0 unspecified atom stereocenters. The van der Waals surface area contributed by atoms with Crippen LogP contribution in [0.1, 0.15) is 5.56 Å². The van der Waals surface area contributed by atoms with Crippen LogP contribution in [0, 0.1) is 0 Å². The van der Waals surface area contributed by atoms with Crippen LogP contribution in [0.25, 0.3) is 17.0 Å². The van der Waals surface area contributed by atoms with Crippen LogP contribution in [0.2, 0.25) is 0 Å². The second-order valence-electron chi connectivity index (χ2n) is 4.84. The number of anilines is 1. The van der Waals surface area contributed by atoms with E-state index in [-0.39, 0.29) is 6.03 Å². The van der Waals surface area contributed by atoms with Gasteiger partial charge < -0.3 is 5.32 Å². The van der Waals surface area contributed by atoms with Crippen molar-refractivity contribution in [1.29, 1.82) is 0 Å². The quantitative estimate of drug-likeness (QED) is 0.426. The average molecular weight is 499 g/mol. The first-order valence-corrected chi connectivity index (χ1v) is 9.12. The van der Waals surface area contributed by atoms with Crippen LogP contribution in [-0.2, 0) is 0 Å². The van der Waals surface area contributed by atoms with Crippen molar-refractivity contribution in [3.05, 3.63) is 68.2 Å². The zero-order valence-electron chi connectivity index (χ0n) is 11.8. The van der Waals surface area contributed by atoms with E-state index in [9.17, 15) is 4.79 Å². The molecule has 1 aromatic heterocycles. The minimum absolute atomic E-state index is 0.200. The van der Waals surface area contributed by atoms with Gasteiger partial charge in [-0.05, 0) is 68.3 Å². The van der Waals surface area contributed by atoms with Crippen molar-refractivity contribution in [2.24, 2.45) is 0 Å². The molecule has 3 rings (SSSR count). The summed E-state index contributed by atoms with van der Waals surface area (Å²) in [6.07, 6.45) is 3.66. The van der Waals surface area contributed by atoms with Gasteiger partial charge in [-0.2, -0.15) is 0 Å². The van der Waals surface area contributed by atoms with Gasteiger partial charge in [0.2, 0.25) is 0 Å². The highest BCUT2D eigenvalue weighted by Crippen LogP contribution is 2.27. The molecular formula is C17H11Br3N2O. The molecule has 0 aliphatic carbocycles. The average Bonchev–Trinajstić information content (AvgIpc) is 2.93. The van der Waals surface area contributed by atoms with Gasteiger partial charge in [-0.3, -0.25) is 4.57 Å². The highest BCUT2D eigenvalue weighted by molar-refractivity contribution is 9.28. The van der Waals surface area contributed by atoms with Crippen molar-refractivity contribution < 1.29 is 4.79 Å². The van der Waals surface area contributed by atoms with Crippen LogP contribution in [0.5, 0.6) is 0 Å². The van der Waals surface area contributed by atoms with Crippen LogP contribution < -0.4 is 5.32 Å². The molecular weight excluding hydrogens is 488 g/mol. The summed E-state index contributed by atoms with van der Waals surface area (Å²) in [5, 5.41) is 3.98. The molecule has 0 atom stereocenters. The Kier molecular flexibility index (Phi) is 5.04. The van der Waals surface area contributed by atoms with Crippen molar-refractivity contribution in [2.75, 3.05) is 5.32 Å². The van der Waals surface area contributed by atoms with Crippen LogP contribution >= 0.6 is 47.8 Å². The molecule has 0 aliphatic rings. The highest BCUT2D eigenvalue weighted by atomic mass is 79.9. The van der Waals surface area contributed by atoms with Crippen molar-refractivity contribution in [1.82, 2.24) is 4.57 Å². The van der Waals surface area contributed by atoms with Gasteiger partial charge in [0.05, 0.1) is 8.91 Å². The Morgan fingerprint density at radius 2 is 1.87 bits per heavy atom. The van der Waals surface area contributed by atoms with Crippen molar-refractivity contribution in [3.63, 3.8) is 0 Å². The maximum absolute atomic E-state index is 12.6. The van der Waals surface area contributed by atoms with E-state index >= 15 is 0 Å². The standard InChI is InChI=1S/C17H11Br3N2O/c18-13-5-6-14(12(9-13)10-16(19)20)21-17(23)22-8-7-11-3-1-2-4-15(11)22/h1-10H,(H,21,23). The molecule has 2 aromatic carbocycles. The summed E-state index contributed by atoms with van der Waals surface area (Å²) in [4.78, 5) is 12.6. The smallest absolute Gasteiger partial charge is 0.307 e. The normalized spacial score (nSPS) is 10.6. The highest BCUT2D eigenvalue weighted by Gasteiger charge is 2.11. The Bertz CT molecular complexity index is 911. The lowest BCUT2D eigenvalue weighted by molar-refractivity contribution is 0.254. The lowest BCUT2D eigenvalue weighted by Gasteiger charge is -2.11.